The molecule has 10 nitrogen and oxygen atoms in total. The van der Waals surface area contributed by atoms with Crippen LogP contribution in [-0.2, 0) is 14.2 Å². The first-order valence-electron chi connectivity index (χ1n) is 15.6. The minimum atomic E-state index is -4.60. The molecule has 1 aromatic carbocycles. The van der Waals surface area contributed by atoms with E-state index in [1.165, 1.54) is 20.6 Å². The largest absolute Gasteiger partial charge is 0.442 e. The first-order valence-corrected chi connectivity index (χ1v) is 15.6. The lowest BCUT2D eigenvalue weighted by Crippen LogP contribution is -2.43. The molecule has 0 N–H and O–H groups in total. The Bertz CT molecular complexity index is 1560. The van der Waals surface area contributed by atoms with Crippen molar-refractivity contribution in [2.24, 2.45) is 5.92 Å². The number of ether oxygens (including phenoxy) is 3. The molecule has 1 aromatic heterocycles. The van der Waals surface area contributed by atoms with Crippen LogP contribution in [0.3, 0.4) is 0 Å². The van der Waals surface area contributed by atoms with Crippen LogP contribution in [0.5, 0.6) is 0 Å². The molecular formula is C33H40F3N5O5. The maximum atomic E-state index is 14.4. The zero-order valence-electron chi connectivity index (χ0n) is 26.7. The molecule has 0 spiro atoms. The molecule has 6 rings (SSSR count). The van der Waals surface area contributed by atoms with Crippen molar-refractivity contribution >= 4 is 17.8 Å². The molecule has 2 unspecified atom stereocenters. The van der Waals surface area contributed by atoms with Gasteiger partial charge in [0.05, 0.1) is 49.8 Å². The number of urea groups is 1. The predicted molar refractivity (Wildman–Crippen MR) is 164 cm³/mol. The van der Waals surface area contributed by atoms with Gasteiger partial charge in [0.15, 0.2) is 0 Å². The summed E-state index contributed by atoms with van der Waals surface area (Å²) in [6, 6.07) is 5.60. The van der Waals surface area contributed by atoms with E-state index in [0.29, 0.717) is 56.4 Å². The quantitative estimate of drug-likeness (QED) is 0.413. The highest BCUT2D eigenvalue weighted by molar-refractivity contribution is 5.96. The molecule has 0 radical (unpaired) electrons. The van der Waals surface area contributed by atoms with E-state index in [9.17, 15) is 22.8 Å². The Labute approximate surface area is 266 Å². The molecule has 3 fully saturated rings. The van der Waals surface area contributed by atoms with Crippen LogP contribution in [0.15, 0.2) is 53.9 Å². The fourth-order valence-electron chi connectivity index (χ4n) is 6.55. The molecule has 2 aromatic rings. The van der Waals surface area contributed by atoms with Gasteiger partial charge in [0.25, 0.3) is 0 Å². The molecule has 4 aliphatic rings. The number of amides is 2. The van der Waals surface area contributed by atoms with Gasteiger partial charge < -0.3 is 14.2 Å². The Morgan fingerprint density at radius 2 is 1.93 bits per heavy atom. The summed E-state index contributed by atoms with van der Waals surface area (Å²) >= 11 is 0. The Morgan fingerprint density at radius 1 is 1.17 bits per heavy atom. The molecule has 4 aliphatic heterocycles. The Morgan fingerprint density at radius 3 is 2.59 bits per heavy atom. The molecular weight excluding hydrogens is 603 g/mol. The standard InChI is InChI=1S/C33H40F3N5O5/c1-20-13-41(31(43)46-32(3,4)5)37-29(20)28(24-18-44-19-24)23-7-6-8-25(12-23)39-17-27-26(33(34,35)36)11-22(16-40(27)30(39)42)15-38-9-10-45-21(2)14-38/h6-8,11-13,16,21,24,27-28H,9-10,14-15,17-19H2,1-5H3/t21-,27?,28?/m1/s1. The van der Waals surface area contributed by atoms with Crippen LogP contribution in [0.1, 0.15) is 50.4 Å². The van der Waals surface area contributed by atoms with Crippen molar-refractivity contribution in [2.45, 2.75) is 64.5 Å². The third-order valence-corrected chi connectivity index (χ3v) is 8.69. The predicted octanol–water partition coefficient (Wildman–Crippen LogP) is 5.47. The van der Waals surface area contributed by atoms with Crippen LogP contribution in [0.25, 0.3) is 0 Å². The average molecular weight is 644 g/mol. The van der Waals surface area contributed by atoms with Gasteiger partial charge in [0.1, 0.15) is 5.60 Å². The maximum Gasteiger partial charge on any atom is 0.435 e. The van der Waals surface area contributed by atoms with E-state index in [2.05, 4.69) is 5.10 Å². The second-order valence-corrected chi connectivity index (χ2v) is 13.5. The Balaban J connectivity index is 1.29. The molecule has 2 amide bonds. The fraction of sp³-hybridized carbons (Fsp3) is 0.545. The number of alkyl halides is 3. The number of aryl methyl sites for hydroxylation is 1. The number of morpholine rings is 1. The second kappa shape index (κ2) is 12.2. The summed E-state index contributed by atoms with van der Waals surface area (Å²) in [5.41, 5.74) is 1.79. The van der Waals surface area contributed by atoms with Crippen molar-refractivity contribution in [3.8, 4) is 0 Å². The fourth-order valence-corrected chi connectivity index (χ4v) is 6.55. The van der Waals surface area contributed by atoms with E-state index in [-0.39, 0.29) is 24.5 Å². The molecule has 5 heterocycles. The van der Waals surface area contributed by atoms with Crippen molar-refractivity contribution in [3.05, 3.63) is 70.7 Å². The lowest BCUT2D eigenvalue weighted by molar-refractivity contribution is -0.0983. The summed E-state index contributed by atoms with van der Waals surface area (Å²) in [5.74, 6) is -0.213. The van der Waals surface area contributed by atoms with Crippen LogP contribution in [0.2, 0.25) is 0 Å². The molecule has 0 bridgehead atoms. The Hall–Kier alpha value is -3.68. The van der Waals surface area contributed by atoms with E-state index in [1.807, 2.05) is 30.9 Å². The lowest BCUT2D eigenvalue weighted by Gasteiger charge is -2.34. The summed E-state index contributed by atoms with van der Waals surface area (Å²) < 4.78 is 61.0. The third kappa shape index (κ3) is 6.58. The highest BCUT2D eigenvalue weighted by Crippen LogP contribution is 2.42. The number of aromatic nitrogens is 2. The summed E-state index contributed by atoms with van der Waals surface area (Å²) in [7, 11) is 0. The van der Waals surface area contributed by atoms with Gasteiger partial charge in [-0.1, -0.05) is 12.1 Å². The number of hydrogen-bond donors (Lipinski definition) is 0. The van der Waals surface area contributed by atoms with Crippen molar-refractivity contribution in [1.29, 1.82) is 0 Å². The second-order valence-electron chi connectivity index (χ2n) is 13.5. The number of nitrogens with zero attached hydrogens (tertiary/aromatic N) is 5. The van der Waals surface area contributed by atoms with Gasteiger partial charge in [0.2, 0.25) is 0 Å². The zero-order chi connectivity index (χ0) is 33.0. The summed E-state index contributed by atoms with van der Waals surface area (Å²) in [6.07, 6.45) is -0.814. The normalized spacial score (nSPS) is 23.5. The molecule has 0 saturated carbocycles. The third-order valence-electron chi connectivity index (χ3n) is 8.69. The smallest absolute Gasteiger partial charge is 0.435 e. The van der Waals surface area contributed by atoms with E-state index in [0.717, 1.165) is 11.1 Å². The van der Waals surface area contributed by atoms with Gasteiger partial charge in [0, 0.05) is 49.6 Å². The number of rotatable bonds is 6. The van der Waals surface area contributed by atoms with E-state index in [4.69, 9.17) is 14.2 Å². The highest BCUT2D eigenvalue weighted by Gasteiger charge is 2.49. The topological polar surface area (TPSA) is 89.4 Å². The molecule has 3 atom stereocenters. The van der Waals surface area contributed by atoms with Crippen LogP contribution in [0, 0.1) is 12.8 Å². The minimum absolute atomic E-state index is 0.0156. The highest BCUT2D eigenvalue weighted by atomic mass is 19.4. The number of hydrogen-bond acceptors (Lipinski definition) is 7. The van der Waals surface area contributed by atoms with E-state index < -0.39 is 35.5 Å². The van der Waals surface area contributed by atoms with Crippen molar-refractivity contribution < 1.29 is 37.0 Å². The first kappa shape index (κ1) is 32.3. The number of carbonyl (C=O) groups excluding carboxylic acids is 2. The number of carbonyl (C=O) groups is 2. The van der Waals surface area contributed by atoms with Crippen molar-refractivity contribution in [1.82, 2.24) is 19.6 Å². The molecule has 3 saturated heterocycles. The number of fused-ring (bicyclic) bond motifs is 1. The molecule has 13 heteroatoms. The van der Waals surface area contributed by atoms with Gasteiger partial charge in [-0.05, 0) is 69.5 Å². The van der Waals surface area contributed by atoms with Gasteiger partial charge in [-0.2, -0.15) is 23.0 Å². The molecule has 248 valence electrons. The lowest BCUT2D eigenvalue weighted by atomic mass is 9.81. The molecule has 0 aliphatic carbocycles. The van der Waals surface area contributed by atoms with Gasteiger partial charge in [-0.3, -0.25) is 14.7 Å². The Kier molecular flexibility index (Phi) is 8.53. The van der Waals surface area contributed by atoms with Crippen LogP contribution in [-0.4, -0.2) is 102 Å². The van der Waals surface area contributed by atoms with E-state index in [1.54, 1.807) is 45.3 Å². The number of benzene rings is 1. The summed E-state index contributed by atoms with van der Waals surface area (Å²) in [6.45, 7) is 12.0. The summed E-state index contributed by atoms with van der Waals surface area (Å²) in [4.78, 5) is 31.2. The van der Waals surface area contributed by atoms with Gasteiger partial charge in [-0.25, -0.2) is 9.59 Å². The van der Waals surface area contributed by atoms with Crippen molar-refractivity contribution in [2.75, 3.05) is 50.9 Å². The first-order chi connectivity index (χ1) is 21.7. The maximum absolute atomic E-state index is 14.4. The number of anilines is 1. The van der Waals surface area contributed by atoms with Crippen molar-refractivity contribution in [3.63, 3.8) is 0 Å². The van der Waals surface area contributed by atoms with Crippen LogP contribution in [0.4, 0.5) is 28.4 Å². The van der Waals surface area contributed by atoms with Crippen LogP contribution >= 0.6 is 0 Å². The van der Waals surface area contributed by atoms with Crippen LogP contribution < -0.4 is 4.90 Å². The summed E-state index contributed by atoms with van der Waals surface area (Å²) in [5, 5.41) is 4.62. The molecule has 46 heavy (non-hydrogen) atoms. The average Bonchev–Trinajstić information content (AvgIpc) is 3.48. The van der Waals surface area contributed by atoms with Gasteiger partial charge in [-0.15, -0.1) is 0 Å². The zero-order valence-corrected chi connectivity index (χ0v) is 26.7. The van der Waals surface area contributed by atoms with Gasteiger partial charge >= 0.3 is 18.3 Å². The minimum Gasteiger partial charge on any atom is -0.442 e. The van der Waals surface area contributed by atoms with E-state index >= 15 is 0 Å². The number of halogens is 3. The monoisotopic (exact) mass is 643 g/mol. The SMILES string of the molecule is Cc1cn(C(=O)OC(C)(C)C)nc1C(c1cccc(N2CC3C(C(F)(F)F)=CC(CN4CCO[C@H](C)C4)=CN3C2=O)c1)C1COC1.